The van der Waals surface area contributed by atoms with Crippen molar-refractivity contribution in [1.82, 2.24) is 4.90 Å². The number of hydrogen-bond acceptors (Lipinski definition) is 3. The number of hydrogen-bond donors (Lipinski definition) is 1. The molecular formula is C16H26N2O. The molecule has 0 bridgehead atoms. The zero-order chi connectivity index (χ0) is 13.7. The number of likely N-dealkylation sites (tertiary alicyclic amines) is 1. The highest BCUT2D eigenvalue weighted by Gasteiger charge is 2.17. The van der Waals surface area contributed by atoms with Gasteiger partial charge in [0.2, 0.25) is 0 Å². The second-order valence-electron chi connectivity index (χ2n) is 5.44. The van der Waals surface area contributed by atoms with E-state index in [0.717, 1.165) is 30.4 Å². The monoisotopic (exact) mass is 262 g/mol. The van der Waals surface area contributed by atoms with Crippen molar-refractivity contribution in [3.63, 3.8) is 0 Å². The second kappa shape index (κ2) is 6.80. The smallest absolute Gasteiger partial charge is 0.142 e. The summed E-state index contributed by atoms with van der Waals surface area (Å²) in [6, 6.07) is 6.91. The summed E-state index contributed by atoms with van der Waals surface area (Å²) in [5.74, 6) is 0.803. The van der Waals surface area contributed by atoms with Crippen molar-refractivity contribution in [2.24, 2.45) is 0 Å². The van der Waals surface area contributed by atoms with Gasteiger partial charge in [-0.2, -0.15) is 0 Å². The lowest BCUT2D eigenvalue weighted by Gasteiger charge is -2.33. The van der Waals surface area contributed by atoms with Gasteiger partial charge in [0.25, 0.3) is 0 Å². The zero-order valence-corrected chi connectivity index (χ0v) is 12.2. The number of anilines is 1. The molecule has 1 aliphatic heterocycles. The van der Waals surface area contributed by atoms with Gasteiger partial charge in [-0.1, -0.05) is 12.5 Å². The Labute approximate surface area is 116 Å². The van der Waals surface area contributed by atoms with Gasteiger partial charge in [-0.05, 0) is 57.4 Å². The van der Waals surface area contributed by atoms with Crippen molar-refractivity contribution in [3.8, 4) is 5.75 Å². The first kappa shape index (κ1) is 14.2. The summed E-state index contributed by atoms with van der Waals surface area (Å²) < 4.78 is 5.47. The molecule has 1 saturated heterocycles. The molecular weight excluding hydrogens is 236 g/mol. The molecule has 1 fully saturated rings. The van der Waals surface area contributed by atoms with Crippen LogP contribution >= 0.6 is 0 Å². The van der Waals surface area contributed by atoms with Crippen molar-refractivity contribution >= 4 is 5.69 Å². The summed E-state index contributed by atoms with van der Waals surface area (Å²) in [7, 11) is 0. The predicted molar refractivity (Wildman–Crippen MR) is 80.6 cm³/mol. The molecule has 0 amide bonds. The Morgan fingerprint density at radius 3 is 2.89 bits per heavy atom. The SMILES string of the molecule is CCOc1ccc(CCN2CCCCC2C)cc1N. The highest BCUT2D eigenvalue weighted by atomic mass is 16.5. The van der Waals surface area contributed by atoms with Crippen LogP contribution in [0.5, 0.6) is 5.75 Å². The van der Waals surface area contributed by atoms with Crippen molar-refractivity contribution in [1.29, 1.82) is 0 Å². The van der Waals surface area contributed by atoms with Crippen LogP contribution in [0.15, 0.2) is 18.2 Å². The van der Waals surface area contributed by atoms with Crippen LogP contribution < -0.4 is 10.5 Å². The summed E-state index contributed by atoms with van der Waals surface area (Å²) in [6.07, 6.45) is 5.13. The van der Waals surface area contributed by atoms with Crippen molar-refractivity contribution in [2.45, 2.75) is 45.6 Å². The Hall–Kier alpha value is -1.22. The largest absolute Gasteiger partial charge is 0.492 e. The highest BCUT2D eigenvalue weighted by molar-refractivity contribution is 5.54. The molecule has 0 aliphatic carbocycles. The lowest BCUT2D eigenvalue weighted by molar-refractivity contribution is 0.163. The molecule has 19 heavy (non-hydrogen) atoms. The van der Waals surface area contributed by atoms with Gasteiger partial charge < -0.3 is 15.4 Å². The van der Waals surface area contributed by atoms with Gasteiger partial charge in [0.15, 0.2) is 0 Å². The predicted octanol–water partition coefficient (Wildman–Crippen LogP) is 3.08. The number of ether oxygens (including phenoxy) is 1. The van der Waals surface area contributed by atoms with Gasteiger partial charge in [-0.15, -0.1) is 0 Å². The van der Waals surface area contributed by atoms with Gasteiger partial charge in [0.1, 0.15) is 5.75 Å². The van der Waals surface area contributed by atoms with E-state index in [-0.39, 0.29) is 0 Å². The summed E-state index contributed by atoms with van der Waals surface area (Å²) in [4.78, 5) is 2.59. The molecule has 1 atom stereocenters. The number of nitrogen functional groups attached to an aromatic ring is 1. The topological polar surface area (TPSA) is 38.5 Å². The summed E-state index contributed by atoms with van der Waals surface area (Å²) in [6.45, 7) is 7.36. The summed E-state index contributed by atoms with van der Waals surface area (Å²) >= 11 is 0. The maximum atomic E-state index is 6.00. The Balaban J connectivity index is 1.90. The number of nitrogens with two attached hydrogens (primary N) is 1. The Morgan fingerprint density at radius 2 is 2.21 bits per heavy atom. The van der Waals surface area contributed by atoms with E-state index in [0.29, 0.717) is 6.61 Å². The van der Waals surface area contributed by atoms with E-state index in [1.807, 2.05) is 13.0 Å². The van der Waals surface area contributed by atoms with Crippen LogP contribution in [0.25, 0.3) is 0 Å². The maximum absolute atomic E-state index is 6.00. The molecule has 2 rings (SSSR count). The van der Waals surface area contributed by atoms with Crippen molar-refractivity contribution < 1.29 is 4.74 Å². The quantitative estimate of drug-likeness (QED) is 0.829. The molecule has 0 radical (unpaired) electrons. The number of benzene rings is 1. The number of piperidine rings is 1. The third-order valence-corrected chi connectivity index (χ3v) is 4.00. The van der Waals surface area contributed by atoms with Gasteiger partial charge >= 0.3 is 0 Å². The van der Waals surface area contributed by atoms with Gasteiger partial charge in [0, 0.05) is 12.6 Å². The van der Waals surface area contributed by atoms with Crippen LogP contribution in [-0.2, 0) is 6.42 Å². The van der Waals surface area contributed by atoms with Crippen LogP contribution in [0.3, 0.4) is 0 Å². The van der Waals surface area contributed by atoms with E-state index >= 15 is 0 Å². The minimum Gasteiger partial charge on any atom is -0.492 e. The summed E-state index contributed by atoms with van der Waals surface area (Å²) in [5, 5.41) is 0. The molecule has 1 heterocycles. The van der Waals surface area contributed by atoms with Crippen molar-refractivity contribution in [3.05, 3.63) is 23.8 Å². The molecule has 0 spiro atoms. The Morgan fingerprint density at radius 1 is 1.37 bits per heavy atom. The fourth-order valence-corrected chi connectivity index (χ4v) is 2.80. The van der Waals surface area contributed by atoms with E-state index in [1.54, 1.807) is 0 Å². The minimum atomic E-state index is 0.662. The van der Waals surface area contributed by atoms with E-state index in [9.17, 15) is 0 Å². The van der Waals surface area contributed by atoms with Crippen LogP contribution in [0.2, 0.25) is 0 Å². The minimum absolute atomic E-state index is 0.662. The zero-order valence-electron chi connectivity index (χ0n) is 12.2. The average molecular weight is 262 g/mol. The molecule has 3 nitrogen and oxygen atoms in total. The van der Waals surface area contributed by atoms with E-state index < -0.39 is 0 Å². The lowest BCUT2D eigenvalue weighted by atomic mass is 10.0. The first-order chi connectivity index (χ1) is 9.20. The standard InChI is InChI=1S/C16H26N2O/c1-3-19-16-8-7-14(12-15(16)17)9-11-18-10-5-4-6-13(18)2/h7-8,12-13H,3-6,9-11,17H2,1-2H3. The molecule has 106 valence electrons. The first-order valence-electron chi connectivity index (χ1n) is 7.46. The van der Waals surface area contributed by atoms with Gasteiger partial charge in [-0.3, -0.25) is 0 Å². The van der Waals surface area contributed by atoms with E-state index in [1.165, 1.54) is 31.4 Å². The lowest BCUT2D eigenvalue weighted by Crippen LogP contribution is -2.38. The Kier molecular flexibility index (Phi) is 5.08. The van der Waals surface area contributed by atoms with Crippen LogP contribution in [0.4, 0.5) is 5.69 Å². The normalized spacial score (nSPS) is 20.4. The molecule has 3 heteroatoms. The molecule has 1 unspecified atom stereocenters. The van der Waals surface area contributed by atoms with E-state index in [2.05, 4.69) is 24.0 Å². The number of rotatable bonds is 5. The van der Waals surface area contributed by atoms with E-state index in [4.69, 9.17) is 10.5 Å². The van der Waals surface area contributed by atoms with Crippen LogP contribution in [0.1, 0.15) is 38.7 Å². The fourth-order valence-electron chi connectivity index (χ4n) is 2.80. The highest BCUT2D eigenvalue weighted by Crippen LogP contribution is 2.23. The Bertz CT molecular complexity index is 406. The van der Waals surface area contributed by atoms with Crippen LogP contribution in [-0.4, -0.2) is 30.6 Å². The average Bonchev–Trinajstić information content (AvgIpc) is 2.41. The van der Waals surface area contributed by atoms with Crippen molar-refractivity contribution in [2.75, 3.05) is 25.4 Å². The maximum Gasteiger partial charge on any atom is 0.142 e. The summed E-state index contributed by atoms with van der Waals surface area (Å²) in [5.41, 5.74) is 8.06. The number of nitrogens with zero attached hydrogens (tertiary/aromatic N) is 1. The third kappa shape index (κ3) is 3.87. The fraction of sp³-hybridized carbons (Fsp3) is 0.625. The molecule has 1 aromatic carbocycles. The molecule has 0 saturated carbocycles. The van der Waals surface area contributed by atoms with Gasteiger partial charge in [0.05, 0.1) is 12.3 Å². The third-order valence-electron chi connectivity index (χ3n) is 4.00. The second-order valence-corrected chi connectivity index (χ2v) is 5.44. The molecule has 1 aliphatic rings. The van der Waals surface area contributed by atoms with Crippen LogP contribution in [0, 0.1) is 0 Å². The molecule has 1 aromatic rings. The molecule has 2 N–H and O–H groups in total. The molecule has 0 aromatic heterocycles. The first-order valence-corrected chi connectivity index (χ1v) is 7.46. The van der Waals surface area contributed by atoms with Gasteiger partial charge in [-0.25, -0.2) is 0 Å².